The first-order chi connectivity index (χ1) is 8.93. The van der Waals surface area contributed by atoms with Gasteiger partial charge in [-0.25, -0.2) is 4.98 Å². The minimum Gasteiger partial charge on any atom is -0.384 e. The van der Waals surface area contributed by atoms with Crippen LogP contribution in [-0.2, 0) is 6.42 Å². The molecule has 3 heteroatoms. The number of para-hydroxylation sites is 1. The minimum atomic E-state index is 0.666. The van der Waals surface area contributed by atoms with Crippen molar-refractivity contribution in [3.8, 4) is 11.3 Å². The summed E-state index contributed by atoms with van der Waals surface area (Å²) in [5, 5.41) is 3.52. The Morgan fingerprint density at radius 1 is 1.28 bits per heavy atom. The zero-order chi connectivity index (χ0) is 11.9. The molecular weight excluding hydrogens is 222 g/mol. The number of hydrogen-bond acceptors (Lipinski definition) is 2. The summed E-state index contributed by atoms with van der Waals surface area (Å²) >= 11 is 0. The molecular formula is C15H17N3. The van der Waals surface area contributed by atoms with Crippen LogP contribution in [0.5, 0.6) is 0 Å². The molecule has 0 bridgehead atoms. The van der Waals surface area contributed by atoms with E-state index in [0.29, 0.717) is 6.04 Å². The lowest BCUT2D eigenvalue weighted by atomic mass is 9.92. The fraction of sp³-hybridized carbons (Fsp3) is 0.400. The van der Waals surface area contributed by atoms with Gasteiger partial charge in [-0.2, -0.15) is 0 Å². The molecule has 0 amide bonds. The standard InChI is InChI=1S/C15H17N3/c1-3-11-7-8-17-15(11)13(6-1)14-9-16-10-18(14)12-4-2-5-12/h1,3,6,9-10,12,17H,2,4-5,7-8H2. The zero-order valence-electron chi connectivity index (χ0n) is 10.4. The van der Waals surface area contributed by atoms with Gasteiger partial charge < -0.3 is 9.88 Å². The molecule has 4 rings (SSSR count). The van der Waals surface area contributed by atoms with E-state index in [4.69, 9.17) is 0 Å². The maximum Gasteiger partial charge on any atom is 0.0953 e. The van der Waals surface area contributed by atoms with Crippen molar-refractivity contribution in [3.05, 3.63) is 36.3 Å². The molecule has 1 fully saturated rings. The lowest BCUT2D eigenvalue weighted by molar-refractivity contribution is 0.316. The van der Waals surface area contributed by atoms with Gasteiger partial charge in [-0.05, 0) is 31.2 Å². The predicted octanol–water partition coefficient (Wildman–Crippen LogP) is 3.24. The molecule has 1 aromatic carbocycles. The van der Waals surface area contributed by atoms with Crippen LogP contribution in [0, 0.1) is 0 Å². The fourth-order valence-corrected chi connectivity index (χ4v) is 3.02. The topological polar surface area (TPSA) is 29.9 Å². The summed E-state index contributed by atoms with van der Waals surface area (Å²) in [7, 11) is 0. The summed E-state index contributed by atoms with van der Waals surface area (Å²) in [6.07, 6.45) is 9.09. The lowest BCUT2D eigenvalue weighted by Crippen LogP contribution is -2.17. The van der Waals surface area contributed by atoms with Crippen LogP contribution in [0.3, 0.4) is 0 Å². The third-order valence-electron chi connectivity index (χ3n) is 4.26. The number of imidazole rings is 1. The normalized spacial score (nSPS) is 18.2. The Balaban J connectivity index is 1.83. The van der Waals surface area contributed by atoms with Gasteiger partial charge in [0.15, 0.2) is 0 Å². The molecule has 92 valence electrons. The van der Waals surface area contributed by atoms with E-state index in [-0.39, 0.29) is 0 Å². The Hall–Kier alpha value is -1.77. The van der Waals surface area contributed by atoms with Gasteiger partial charge in [-0.1, -0.05) is 18.2 Å². The number of nitrogens with zero attached hydrogens (tertiary/aromatic N) is 2. The van der Waals surface area contributed by atoms with Crippen molar-refractivity contribution in [2.75, 3.05) is 11.9 Å². The Kier molecular flexibility index (Phi) is 2.19. The van der Waals surface area contributed by atoms with E-state index in [0.717, 1.165) is 13.0 Å². The highest BCUT2D eigenvalue weighted by molar-refractivity contribution is 5.79. The highest BCUT2D eigenvalue weighted by atomic mass is 15.1. The lowest BCUT2D eigenvalue weighted by Gasteiger charge is -2.28. The van der Waals surface area contributed by atoms with Crippen LogP contribution in [0.2, 0.25) is 0 Å². The molecule has 0 saturated heterocycles. The van der Waals surface area contributed by atoms with Crippen molar-refractivity contribution in [3.63, 3.8) is 0 Å². The molecule has 2 aromatic rings. The van der Waals surface area contributed by atoms with Crippen molar-refractivity contribution in [2.24, 2.45) is 0 Å². The van der Waals surface area contributed by atoms with Crippen molar-refractivity contribution in [2.45, 2.75) is 31.7 Å². The molecule has 2 heterocycles. The average molecular weight is 239 g/mol. The molecule has 2 aliphatic rings. The maximum absolute atomic E-state index is 4.36. The van der Waals surface area contributed by atoms with Gasteiger partial charge in [0.25, 0.3) is 0 Å². The molecule has 3 nitrogen and oxygen atoms in total. The van der Waals surface area contributed by atoms with Crippen molar-refractivity contribution in [1.82, 2.24) is 9.55 Å². The van der Waals surface area contributed by atoms with Crippen molar-refractivity contribution >= 4 is 5.69 Å². The molecule has 1 aliphatic heterocycles. The number of benzene rings is 1. The van der Waals surface area contributed by atoms with E-state index in [2.05, 4.69) is 33.1 Å². The minimum absolute atomic E-state index is 0.666. The largest absolute Gasteiger partial charge is 0.384 e. The Morgan fingerprint density at radius 2 is 2.22 bits per heavy atom. The van der Waals surface area contributed by atoms with Gasteiger partial charge in [-0.15, -0.1) is 0 Å². The summed E-state index contributed by atoms with van der Waals surface area (Å²) in [4.78, 5) is 4.36. The molecule has 1 aromatic heterocycles. The number of aromatic nitrogens is 2. The molecule has 0 radical (unpaired) electrons. The highest BCUT2D eigenvalue weighted by Gasteiger charge is 2.24. The Labute approximate surface area is 107 Å². The second-order valence-corrected chi connectivity index (χ2v) is 5.29. The van der Waals surface area contributed by atoms with E-state index in [9.17, 15) is 0 Å². The fourth-order valence-electron chi connectivity index (χ4n) is 3.02. The number of fused-ring (bicyclic) bond motifs is 1. The quantitative estimate of drug-likeness (QED) is 0.872. The van der Waals surface area contributed by atoms with E-state index >= 15 is 0 Å². The monoisotopic (exact) mass is 239 g/mol. The van der Waals surface area contributed by atoms with Crippen LogP contribution < -0.4 is 5.32 Å². The van der Waals surface area contributed by atoms with Gasteiger partial charge in [0, 0.05) is 23.8 Å². The molecule has 0 atom stereocenters. The summed E-state index contributed by atoms with van der Waals surface area (Å²) in [5.41, 5.74) is 5.34. The predicted molar refractivity (Wildman–Crippen MR) is 72.7 cm³/mol. The van der Waals surface area contributed by atoms with Crippen LogP contribution in [0.1, 0.15) is 30.9 Å². The van der Waals surface area contributed by atoms with E-state index < -0.39 is 0 Å². The molecule has 1 aliphatic carbocycles. The Morgan fingerprint density at radius 3 is 3.06 bits per heavy atom. The van der Waals surface area contributed by atoms with Gasteiger partial charge in [0.2, 0.25) is 0 Å². The van der Waals surface area contributed by atoms with Crippen LogP contribution in [0.15, 0.2) is 30.7 Å². The van der Waals surface area contributed by atoms with Crippen molar-refractivity contribution < 1.29 is 0 Å². The van der Waals surface area contributed by atoms with Crippen LogP contribution in [0.4, 0.5) is 5.69 Å². The first kappa shape index (κ1) is 10.2. The van der Waals surface area contributed by atoms with E-state index in [1.54, 1.807) is 0 Å². The zero-order valence-corrected chi connectivity index (χ0v) is 10.4. The van der Waals surface area contributed by atoms with Gasteiger partial charge in [0.05, 0.1) is 18.2 Å². The summed E-state index contributed by atoms with van der Waals surface area (Å²) in [6, 6.07) is 7.27. The third kappa shape index (κ3) is 1.40. The summed E-state index contributed by atoms with van der Waals surface area (Å²) in [5.74, 6) is 0. The van der Waals surface area contributed by atoms with Crippen LogP contribution >= 0.6 is 0 Å². The number of hydrogen-bond donors (Lipinski definition) is 1. The first-order valence-corrected chi connectivity index (χ1v) is 6.81. The maximum atomic E-state index is 4.36. The number of anilines is 1. The van der Waals surface area contributed by atoms with Crippen LogP contribution in [0.25, 0.3) is 11.3 Å². The van der Waals surface area contributed by atoms with E-state index in [1.807, 2.05) is 12.5 Å². The van der Waals surface area contributed by atoms with Gasteiger partial charge in [0.1, 0.15) is 0 Å². The molecule has 0 spiro atoms. The van der Waals surface area contributed by atoms with Gasteiger partial charge >= 0.3 is 0 Å². The summed E-state index contributed by atoms with van der Waals surface area (Å²) in [6.45, 7) is 1.06. The second-order valence-electron chi connectivity index (χ2n) is 5.29. The first-order valence-electron chi connectivity index (χ1n) is 6.81. The SMILES string of the molecule is c1cc2c(c(-c3cncn3C3CCC3)c1)NCC2. The third-order valence-corrected chi connectivity index (χ3v) is 4.26. The molecule has 18 heavy (non-hydrogen) atoms. The Bertz CT molecular complexity index is 581. The highest BCUT2D eigenvalue weighted by Crippen LogP contribution is 2.39. The average Bonchev–Trinajstić information content (AvgIpc) is 2.93. The molecule has 1 saturated carbocycles. The van der Waals surface area contributed by atoms with Crippen LogP contribution in [-0.4, -0.2) is 16.1 Å². The molecule has 1 N–H and O–H groups in total. The smallest absolute Gasteiger partial charge is 0.0953 e. The van der Waals surface area contributed by atoms with E-state index in [1.165, 1.54) is 41.8 Å². The number of rotatable bonds is 2. The van der Waals surface area contributed by atoms with Gasteiger partial charge in [-0.3, -0.25) is 0 Å². The van der Waals surface area contributed by atoms with Crippen molar-refractivity contribution in [1.29, 1.82) is 0 Å². The summed E-state index contributed by atoms with van der Waals surface area (Å²) < 4.78 is 2.36. The second kappa shape index (κ2) is 3.87. The number of nitrogens with one attached hydrogen (secondary N) is 1. The molecule has 0 unspecified atom stereocenters.